The van der Waals surface area contributed by atoms with Crippen LogP contribution >= 0.6 is 0 Å². The van der Waals surface area contributed by atoms with Crippen molar-refractivity contribution in [1.82, 2.24) is 24.6 Å². The van der Waals surface area contributed by atoms with Gasteiger partial charge in [-0.05, 0) is 57.9 Å². The molecule has 9 nitrogen and oxygen atoms in total. The van der Waals surface area contributed by atoms with E-state index >= 15 is 0 Å². The van der Waals surface area contributed by atoms with Gasteiger partial charge in [-0.25, -0.2) is 19.4 Å². The van der Waals surface area contributed by atoms with Crippen molar-refractivity contribution in [2.45, 2.75) is 51.6 Å². The molecule has 0 aliphatic carbocycles. The average Bonchev–Trinajstić information content (AvgIpc) is 3.13. The number of alkyl halides is 3. The standard InChI is InChI=1S/C22H25F3N6O3/c1-21(2,3)34-20(32)30-10-4-5-14(11-30)31-19-16(18(26)27-12-28-19)17(29-31)13-6-8-15(9-7-13)33-22(23,24)25/h6-9,12,14H,4-5,10-11H2,1-3H3,(H2,26,27,28)/t14-/m1/s1. The quantitative estimate of drug-likeness (QED) is 0.588. The molecule has 1 amide bonds. The number of nitrogens with two attached hydrogens (primary N) is 1. The Kier molecular flexibility index (Phi) is 6.00. The Bertz CT molecular complexity index is 1190. The summed E-state index contributed by atoms with van der Waals surface area (Å²) in [5.41, 5.74) is 6.96. The minimum Gasteiger partial charge on any atom is -0.444 e. The van der Waals surface area contributed by atoms with E-state index in [0.717, 1.165) is 12.8 Å². The maximum atomic E-state index is 12.6. The first-order chi connectivity index (χ1) is 15.9. The number of hydrogen-bond donors (Lipinski definition) is 1. The summed E-state index contributed by atoms with van der Waals surface area (Å²) >= 11 is 0. The third kappa shape index (κ3) is 5.15. The van der Waals surface area contributed by atoms with E-state index in [1.165, 1.54) is 30.6 Å². The fourth-order valence-electron chi connectivity index (χ4n) is 3.91. The van der Waals surface area contributed by atoms with E-state index in [9.17, 15) is 18.0 Å². The number of aromatic nitrogens is 4. The molecule has 34 heavy (non-hydrogen) atoms. The third-order valence-corrected chi connectivity index (χ3v) is 5.27. The maximum Gasteiger partial charge on any atom is 0.573 e. The zero-order valence-electron chi connectivity index (χ0n) is 19.0. The van der Waals surface area contributed by atoms with Crippen LogP contribution in [0, 0.1) is 0 Å². The first-order valence-electron chi connectivity index (χ1n) is 10.7. The Morgan fingerprint density at radius 2 is 1.85 bits per heavy atom. The summed E-state index contributed by atoms with van der Waals surface area (Å²) in [5, 5.41) is 5.20. The van der Waals surface area contributed by atoms with E-state index in [1.807, 2.05) is 20.8 Å². The van der Waals surface area contributed by atoms with E-state index in [2.05, 4.69) is 14.7 Å². The van der Waals surface area contributed by atoms with Crippen LogP contribution in [0.1, 0.15) is 39.7 Å². The molecule has 3 heterocycles. The highest BCUT2D eigenvalue weighted by molar-refractivity contribution is 5.98. The molecule has 0 unspecified atom stereocenters. The molecule has 1 aliphatic heterocycles. The van der Waals surface area contributed by atoms with Crippen molar-refractivity contribution >= 4 is 22.9 Å². The number of likely N-dealkylation sites (tertiary alicyclic amines) is 1. The summed E-state index contributed by atoms with van der Waals surface area (Å²) < 4.78 is 48.7. The number of benzene rings is 1. The van der Waals surface area contributed by atoms with Crippen LogP contribution in [-0.2, 0) is 4.74 Å². The van der Waals surface area contributed by atoms with Crippen molar-refractivity contribution in [2.24, 2.45) is 0 Å². The van der Waals surface area contributed by atoms with Gasteiger partial charge in [-0.15, -0.1) is 13.2 Å². The second-order valence-corrected chi connectivity index (χ2v) is 9.05. The van der Waals surface area contributed by atoms with Crippen LogP contribution in [0.4, 0.5) is 23.8 Å². The summed E-state index contributed by atoms with van der Waals surface area (Å²) in [5.74, 6) is -0.147. The molecule has 1 fully saturated rings. The van der Waals surface area contributed by atoms with Gasteiger partial charge in [0.25, 0.3) is 0 Å². The lowest BCUT2D eigenvalue weighted by molar-refractivity contribution is -0.274. The summed E-state index contributed by atoms with van der Waals surface area (Å²) in [7, 11) is 0. The Morgan fingerprint density at radius 3 is 2.50 bits per heavy atom. The smallest absolute Gasteiger partial charge is 0.444 e. The SMILES string of the molecule is CC(C)(C)OC(=O)N1CCC[C@@H](n2nc(-c3ccc(OC(F)(F)F)cc3)c3c(N)ncnc32)C1. The number of hydrogen-bond acceptors (Lipinski definition) is 7. The fraction of sp³-hybridized carbons (Fsp3) is 0.455. The van der Waals surface area contributed by atoms with E-state index in [-0.39, 0.29) is 17.6 Å². The Balaban J connectivity index is 1.68. The maximum absolute atomic E-state index is 12.6. The van der Waals surface area contributed by atoms with E-state index in [1.54, 1.807) is 9.58 Å². The van der Waals surface area contributed by atoms with Crippen molar-refractivity contribution in [3.05, 3.63) is 30.6 Å². The summed E-state index contributed by atoms with van der Waals surface area (Å²) in [6.45, 7) is 6.36. The summed E-state index contributed by atoms with van der Waals surface area (Å²) in [4.78, 5) is 22.7. The topological polar surface area (TPSA) is 108 Å². The van der Waals surface area contributed by atoms with Crippen LogP contribution in [0.3, 0.4) is 0 Å². The van der Waals surface area contributed by atoms with Crippen LogP contribution in [0.2, 0.25) is 0 Å². The molecule has 1 saturated heterocycles. The molecule has 3 aromatic rings. The first kappa shape index (κ1) is 23.6. The molecule has 0 radical (unpaired) electrons. The minimum atomic E-state index is -4.78. The number of nitrogens with zero attached hydrogens (tertiary/aromatic N) is 5. The van der Waals surface area contributed by atoms with Crippen molar-refractivity contribution in [3.63, 3.8) is 0 Å². The zero-order chi connectivity index (χ0) is 24.7. The number of piperidine rings is 1. The van der Waals surface area contributed by atoms with E-state index in [0.29, 0.717) is 35.4 Å². The predicted molar refractivity (Wildman–Crippen MR) is 118 cm³/mol. The van der Waals surface area contributed by atoms with E-state index in [4.69, 9.17) is 15.6 Å². The van der Waals surface area contributed by atoms with Gasteiger partial charge in [0.15, 0.2) is 5.65 Å². The van der Waals surface area contributed by atoms with Crippen molar-refractivity contribution < 1.29 is 27.4 Å². The molecule has 2 aromatic heterocycles. The number of amides is 1. The van der Waals surface area contributed by atoms with Crippen molar-refractivity contribution in [3.8, 4) is 17.0 Å². The van der Waals surface area contributed by atoms with Gasteiger partial charge >= 0.3 is 12.5 Å². The van der Waals surface area contributed by atoms with Gasteiger partial charge in [0.2, 0.25) is 0 Å². The molecule has 1 aromatic carbocycles. The zero-order valence-corrected chi connectivity index (χ0v) is 19.0. The van der Waals surface area contributed by atoms with Crippen LogP contribution in [0.25, 0.3) is 22.3 Å². The Labute approximate surface area is 193 Å². The lowest BCUT2D eigenvalue weighted by atomic mass is 10.1. The second kappa shape index (κ2) is 8.65. The van der Waals surface area contributed by atoms with E-state index < -0.39 is 18.1 Å². The van der Waals surface area contributed by atoms with Crippen LogP contribution in [0.5, 0.6) is 5.75 Å². The molecule has 0 bridgehead atoms. The van der Waals surface area contributed by atoms with Crippen molar-refractivity contribution in [1.29, 1.82) is 0 Å². The average molecular weight is 478 g/mol. The number of ether oxygens (including phenoxy) is 2. The van der Waals surface area contributed by atoms with Crippen molar-refractivity contribution in [2.75, 3.05) is 18.8 Å². The van der Waals surface area contributed by atoms with Crippen LogP contribution in [0.15, 0.2) is 30.6 Å². The highest BCUT2D eigenvalue weighted by Crippen LogP contribution is 2.35. The highest BCUT2D eigenvalue weighted by Gasteiger charge is 2.32. The number of carbonyl (C=O) groups excluding carboxylic acids is 1. The molecule has 4 rings (SSSR count). The molecule has 0 saturated carbocycles. The number of rotatable bonds is 3. The van der Waals surface area contributed by atoms with Gasteiger partial charge in [-0.1, -0.05) is 0 Å². The van der Waals surface area contributed by atoms with Gasteiger partial charge in [-0.2, -0.15) is 5.10 Å². The molecule has 12 heteroatoms. The number of carbonyl (C=O) groups is 1. The molecule has 1 atom stereocenters. The largest absolute Gasteiger partial charge is 0.573 e. The fourth-order valence-corrected chi connectivity index (χ4v) is 3.91. The number of anilines is 1. The van der Waals surface area contributed by atoms with Gasteiger partial charge in [0.1, 0.15) is 29.2 Å². The van der Waals surface area contributed by atoms with Crippen LogP contribution < -0.4 is 10.5 Å². The summed E-state index contributed by atoms with van der Waals surface area (Å²) in [6.07, 6.45) is -2.37. The van der Waals surface area contributed by atoms with Gasteiger partial charge in [0.05, 0.1) is 11.4 Å². The molecule has 2 N–H and O–H groups in total. The second-order valence-electron chi connectivity index (χ2n) is 9.05. The van der Waals surface area contributed by atoms with Crippen LogP contribution in [-0.4, -0.2) is 55.8 Å². The summed E-state index contributed by atoms with van der Waals surface area (Å²) in [6, 6.07) is 5.15. The molecular weight excluding hydrogens is 453 g/mol. The normalized spacial score (nSPS) is 17.1. The molecular formula is C22H25F3N6O3. The van der Waals surface area contributed by atoms with Gasteiger partial charge in [-0.3, -0.25) is 0 Å². The Hall–Kier alpha value is -3.57. The number of nitrogen functional groups attached to an aromatic ring is 1. The Morgan fingerprint density at radius 1 is 1.15 bits per heavy atom. The van der Waals surface area contributed by atoms with Gasteiger partial charge in [0, 0.05) is 18.7 Å². The molecule has 1 aliphatic rings. The lowest BCUT2D eigenvalue weighted by Crippen LogP contribution is -2.43. The highest BCUT2D eigenvalue weighted by atomic mass is 19.4. The third-order valence-electron chi connectivity index (χ3n) is 5.27. The predicted octanol–water partition coefficient (Wildman–Crippen LogP) is 4.55. The number of fused-ring (bicyclic) bond motifs is 1. The molecule has 0 spiro atoms. The lowest BCUT2D eigenvalue weighted by Gasteiger charge is -2.34. The molecule has 182 valence electrons. The number of halogens is 3. The minimum absolute atomic E-state index is 0.195. The monoisotopic (exact) mass is 478 g/mol. The van der Waals surface area contributed by atoms with Gasteiger partial charge < -0.3 is 20.1 Å². The first-order valence-corrected chi connectivity index (χ1v) is 10.7.